The molecule has 14 nitrogen and oxygen atoms in total. The summed E-state index contributed by atoms with van der Waals surface area (Å²) in [6.07, 6.45) is 2.43. The van der Waals surface area contributed by atoms with Crippen LogP contribution in [0.4, 0.5) is 9.59 Å². The zero-order valence-corrected chi connectivity index (χ0v) is 39.6. The first kappa shape index (κ1) is 50.7. The number of allylic oxidation sites excluding steroid dienone is 1. The molecule has 1 aliphatic rings. The van der Waals surface area contributed by atoms with E-state index < -0.39 is 36.1 Å². The first-order valence-corrected chi connectivity index (χ1v) is 23.3. The Bertz CT molecular complexity index is 2570. The van der Waals surface area contributed by atoms with Gasteiger partial charge in [0.25, 0.3) is 0 Å². The van der Waals surface area contributed by atoms with Crippen molar-refractivity contribution in [3.05, 3.63) is 173 Å². The van der Waals surface area contributed by atoms with Gasteiger partial charge in [0.2, 0.25) is 11.8 Å². The maximum Gasteiger partial charge on any atom is 0.513 e. The van der Waals surface area contributed by atoms with Gasteiger partial charge in [0.1, 0.15) is 24.0 Å². The number of rotatable bonds is 22. The molecule has 5 aromatic carbocycles. The summed E-state index contributed by atoms with van der Waals surface area (Å²) in [6.45, 7) is 4.61. The first-order chi connectivity index (χ1) is 33.5. The Morgan fingerprint density at radius 3 is 2.04 bits per heavy atom. The summed E-state index contributed by atoms with van der Waals surface area (Å²) < 4.78 is 20.7. The number of carbonyl (C=O) groups excluding carboxylic acids is 6. The molecule has 14 heteroatoms. The average molecular weight is 937 g/mol. The van der Waals surface area contributed by atoms with Crippen LogP contribution in [0.1, 0.15) is 97.1 Å². The van der Waals surface area contributed by atoms with Crippen molar-refractivity contribution in [2.24, 2.45) is 0 Å². The number of ether oxygens (including phenoxy) is 4. The smallest absolute Gasteiger partial charge is 0.465 e. The highest BCUT2D eigenvalue weighted by atomic mass is 16.7. The number of unbranched alkanes of at least 4 members (excludes halogenated alkanes) is 3. The number of benzene rings is 5. The summed E-state index contributed by atoms with van der Waals surface area (Å²) in [4.78, 5) is 84.8. The number of urea groups is 1. The van der Waals surface area contributed by atoms with Gasteiger partial charge >= 0.3 is 24.1 Å². The van der Waals surface area contributed by atoms with Crippen LogP contribution in [0.2, 0.25) is 0 Å². The molecule has 69 heavy (non-hydrogen) atoms. The lowest BCUT2D eigenvalue weighted by Crippen LogP contribution is -2.48. The summed E-state index contributed by atoms with van der Waals surface area (Å²) in [5.41, 5.74) is 5.53. The van der Waals surface area contributed by atoms with Gasteiger partial charge in [0.15, 0.2) is 0 Å². The van der Waals surface area contributed by atoms with E-state index in [9.17, 15) is 28.8 Å². The molecule has 0 radical (unpaired) electrons. The molecule has 0 aliphatic carbocycles. The van der Waals surface area contributed by atoms with Gasteiger partial charge in [0.05, 0.1) is 25.8 Å². The van der Waals surface area contributed by atoms with Crippen molar-refractivity contribution in [3.8, 4) is 16.9 Å². The van der Waals surface area contributed by atoms with Gasteiger partial charge in [-0.15, -0.1) is 0 Å². The van der Waals surface area contributed by atoms with Crippen LogP contribution in [0, 0.1) is 0 Å². The van der Waals surface area contributed by atoms with Crippen LogP contribution >= 0.6 is 0 Å². The highest BCUT2D eigenvalue weighted by molar-refractivity contribution is 5.96. The first-order valence-electron chi connectivity index (χ1n) is 23.3. The molecular formula is C55H60N4O10. The Morgan fingerprint density at radius 2 is 1.39 bits per heavy atom. The monoisotopic (exact) mass is 936 g/mol. The minimum Gasteiger partial charge on any atom is -0.465 e. The third kappa shape index (κ3) is 13.7. The Labute approximate surface area is 403 Å². The maximum absolute atomic E-state index is 14.5. The molecule has 0 saturated carbocycles. The zero-order valence-electron chi connectivity index (χ0n) is 39.6. The fourth-order valence-corrected chi connectivity index (χ4v) is 8.19. The van der Waals surface area contributed by atoms with Crippen LogP contribution in [0.25, 0.3) is 11.1 Å². The third-order valence-corrected chi connectivity index (χ3v) is 11.9. The average Bonchev–Trinajstić information content (AvgIpc) is 3.38. The number of esters is 2. The van der Waals surface area contributed by atoms with Crippen LogP contribution in [0.5, 0.6) is 5.75 Å². The van der Waals surface area contributed by atoms with Crippen molar-refractivity contribution < 1.29 is 47.7 Å². The summed E-state index contributed by atoms with van der Waals surface area (Å²) in [6, 6.07) is 38.7. The van der Waals surface area contributed by atoms with E-state index in [1.54, 1.807) is 11.8 Å². The fraction of sp³-hybridized carbons (Fsp3) is 0.309. The predicted octanol–water partition coefficient (Wildman–Crippen LogP) is 9.66. The standard InChI is InChI=1S/C55H60N4O10/c1-5-6-33-56-51(61)50(44-30-31-46(69-55(65)67-4)45(36-44)52(62)66-3)59(35-32-39-19-11-7-12-20-39)47(60)25-17-10-18-34-58-38(2)48(53(63)68-37-40-21-13-8-14-22-40)49(57-54(58)64)43-28-26-42(27-29-43)41-23-15-9-16-24-41/h7-9,11-16,19-24,26-31,36,49-50H,5-6,10,17-18,25,32-35,37H2,1-4H3,(H,56,61)(H,57,64). The largest absolute Gasteiger partial charge is 0.513 e. The lowest BCUT2D eigenvalue weighted by molar-refractivity contribution is -0.141. The highest BCUT2D eigenvalue weighted by Gasteiger charge is 2.37. The van der Waals surface area contributed by atoms with Crippen LogP contribution in [0.3, 0.4) is 0 Å². The summed E-state index contributed by atoms with van der Waals surface area (Å²) in [7, 11) is 2.31. The van der Waals surface area contributed by atoms with Gasteiger partial charge in [0, 0.05) is 31.8 Å². The second-order valence-corrected chi connectivity index (χ2v) is 16.6. The lowest BCUT2D eigenvalue weighted by atomic mass is 9.93. The van der Waals surface area contributed by atoms with Crippen molar-refractivity contribution in [2.45, 2.75) is 77.5 Å². The lowest BCUT2D eigenvalue weighted by Gasteiger charge is -2.35. The number of hydrogen-bond acceptors (Lipinski definition) is 10. The van der Waals surface area contributed by atoms with E-state index in [0.717, 1.165) is 41.3 Å². The van der Waals surface area contributed by atoms with E-state index in [4.69, 9.17) is 14.2 Å². The van der Waals surface area contributed by atoms with Gasteiger partial charge in [-0.3, -0.25) is 14.5 Å². The minimum atomic E-state index is -1.17. The number of nitrogens with one attached hydrogen (secondary N) is 2. The molecule has 0 spiro atoms. The molecule has 4 amide bonds. The van der Waals surface area contributed by atoms with Gasteiger partial charge in [-0.25, -0.2) is 19.2 Å². The van der Waals surface area contributed by atoms with Gasteiger partial charge < -0.3 is 34.5 Å². The van der Waals surface area contributed by atoms with E-state index in [1.807, 2.05) is 122 Å². The molecule has 6 rings (SSSR count). The minimum absolute atomic E-state index is 0.0588. The molecule has 2 unspecified atom stereocenters. The van der Waals surface area contributed by atoms with Crippen molar-refractivity contribution in [1.29, 1.82) is 0 Å². The SMILES string of the molecule is CCCCNC(=O)C(c1ccc(OC(=O)OC)c(C(=O)OC)c1)N(CCc1ccccc1)C(=O)CCCCCN1C(=O)NC(c2ccc(-c3ccccc3)cc2)C(C(=O)OCc2ccccc2)=C1C. The van der Waals surface area contributed by atoms with Crippen molar-refractivity contribution in [1.82, 2.24) is 20.4 Å². The van der Waals surface area contributed by atoms with Gasteiger partial charge in [-0.05, 0) is 78.1 Å². The molecule has 0 aromatic heterocycles. The Hall–Kier alpha value is -7.74. The van der Waals surface area contributed by atoms with E-state index in [2.05, 4.69) is 15.4 Å². The summed E-state index contributed by atoms with van der Waals surface area (Å²) >= 11 is 0. The molecule has 360 valence electrons. The molecule has 0 saturated heterocycles. The second-order valence-electron chi connectivity index (χ2n) is 16.6. The van der Waals surface area contributed by atoms with Crippen LogP contribution < -0.4 is 15.4 Å². The molecule has 1 aliphatic heterocycles. The molecule has 2 atom stereocenters. The number of carbonyl (C=O) groups is 6. The van der Waals surface area contributed by atoms with Crippen LogP contribution in [-0.4, -0.2) is 79.6 Å². The quantitative estimate of drug-likeness (QED) is 0.0295. The van der Waals surface area contributed by atoms with Crippen molar-refractivity contribution >= 4 is 35.9 Å². The van der Waals surface area contributed by atoms with Crippen molar-refractivity contribution in [2.75, 3.05) is 33.9 Å². The molecule has 5 aromatic rings. The highest BCUT2D eigenvalue weighted by Crippen LogP contribution is 2.34. The van der Waals surface area contributed by atoms with Gasteiger partial charge in [-0.1, -0.05) is 141 Å². The molecular weight excluding hydrogens is 877 g/mol. The maximum atomic E-state index is 14.5. The third-order valence-electron chi connectivity index (χ3n) is 11.9. The van der Waals surface area contributed by atoms with E-state index in [-0.39, 0.29) is 49.4 Å². The Balaban J connectivity index is 1.21. The summed E-state index contributed by atoms with van der Waals surface area (Å²) in [5, 5.41) is 6.03. The van der Waals surface area contributed by atoms with Crippen LogP contribution in [-0.2, 0) is 41.6 Å². The molecule has 2 N–H and O–H groups in total. The normalized spacial score (nSPS) is 13.7. The Kier molecular flexibility index (Phi) is 18.7. The Morgan fingerprint density at radius 1 is 0.739 bits per heavy atom. The topological polar surface area (TPSA) is 170 Å². The fourth-order valence-electron chi connectivity index (χ4n) is 8.19. The van der Waals surface area contributed by atoms with E-state index in [0.29, 0.717) is 55.5 Å². The van der Waals surface area contributed by atoms with Gasteiger partial charge in [-0.2, -0.15) is 0 Å². The van der Waals surface area contributed by atoms with Crippen molar-refractivity contribution in [3.63, 3.8) is 0 Å². The molecule has 0 bridgehead atoms. The number of amides is 4. The number of nitrogens with zero attached hydrogens (tertiary/aromatic N) is 2. The van der Waals surface area contributed by atoms with Crippen LogP contribution in [0.15, 0.2) is 145 Å². The molecule has 0 fully saturated rings. The number of methoxy groups -OCH3 is 2. The zero-order chi connectivity index (χ0) is 49.1. The van der Waals surface area contributed by atoms with E-state index >= 15 is 0 Å². The van der Waals surface area contributed by atoms with E-state index in [1.165, 1.54) is 30.2 Å². The second kappa shape index (κ2) is 25.4. The predicted molar refractivity (Wildman–Crippen MR) is 261 cm³/mol. The number of hydrogen-bond donors (Lipinski definition) is 2. The molecule has 1 heterocycles. The summed E-state index contributed by atoms with van der Waals surface area (Å²) in [5.74, 6) is -2.24.